The van der Waals surface area contributed by atoms with Crippen LogP contribution in [0.5, 0.6) is 0 Å². The van der Waals surface area contributed by atoms with Gasteiger partial charge in [-0.05, 0) is 56.6 Å². The van der Waals surface area contributed by atoms with E-state index in [4.69, 9.17) is 18.6 Å². The first-order valence-electron chi connectivity index (χ1n) is 14.2. The van der Waals surface area contributed by atoms with Crippen LogP contribution in [0.1, 0.15) is 85.3 Å². The van der Waals surface area contributed by atoms with Crippen molar-refractivity contribution in [3.63, 3.8) is 0 Å². The molecule has 216 valence electrons. The molecular weight excluding hydrogens is 512 g/mol. The minimum Gasteiger partial charge on any atom is -0.472 e. The quantitative estimate of drug-likeness (QED) is 0.199. The number of allylic oxidation sites excluding steroid dienone is 2. The number of furan rings is 1. The average molecular weight is 553 g/mol. The number of fused-ring (bicyclic) bond motifs is 5. The lowest BCUT2D eigenvalue weighted by Crippen LogP contribution is -2.66. The summed E-state index contributed by atoms with van der Waals surface area (Å²) < 4.78 is 22.5. The number of carbonyl (C=O) groups excluding carboxylic acids is 4. The average Bonchev–Trinajstić information content (AvgIpc) is 3.45. The molecular formula is C32H40O8. The molecule has 8 nitrogen and oxygen atoms in total. The zero-order chi connectivity index (χ0) is 29.2. The summed E-state index contributed by atoms with van der Waals surface area (Å²) >= 11 is 0. The highest BCUT2D eigenvalue weighted by Crippen LogP contribution is 2.68. The molecule has 0 N–H and O–H groups in total. The number of ether oxygens (including phenoxy) is 3. The summed E-state index contributed by atoms with van der Waals surface area (Å²) in [7, 11) is 1.35. The van der Waals surface area contributed by atoms with Crippen molar-refractivity contribution in [3.8, 4) is 0 Å². The Labute approximate surface area is 235 Å². The van der Waals surface area contributed by atoms with Crippen molar-refractivity contribution in [2.24, 2.45) is 34.0 Å². The van der Waals surface area contributed by atoms with Crippen LogP contribution >= 0.6 is 0 Å². The topological polar surface area (TPSA) is 109 Å². The Kier molecular flexibility index (Phi) is 6.91. The van der Waals surface area contributed by atoms with Crippen LogP contribution in [0.25, 0.3) is 0 Å². The molecule has 1 unspecified atom stereocenters. The summed E-state index contributed by atoms with van der Waals surface area (Å²) in [5.41, 5.74) is 1.32. The van der Waals surface area contributed by atoms with E-state index in [-0.39, 0.29) is 30.5 Å². The lowest BCUT2D eigenvalue weighted by Gasteiger charge is -2.63. The maximum atomic E-state index is 14.5. The number of hydrogen-bond acceptors (Lipinski definition) is 8. The van der Waals surface area contributed by atoms with Gasteiger partial charge >= 0.3 is 17.9 Å². The number of rotatable bonds is 5. The van der Waals surface area contributed by atoms with Gasteiger partial charge in [-0.25, -0.2) is 4.79 Å². The van der Waals surface area contributed by atoms with Gasteiger partial charge in [0.1, 0.15) is 18.0 Å². The van der Waals surface area contributed by atoms with Gasteiger partial charge in [0.25, 0.3) is 0 Å². The van der Waals surface area contributed by atoms with E-state index < -0.39 is 52.2 Å². The minimum atomic E-state index is -0.894. The molecule has 40 heavy (non-hydrogen) atoms. The lowest BCUT2D eigenvalue weighted by atomic mass is 9.40. The van der Waals surface area contributed by atoms with E-state index in [1.807, 2.05) is 26.8 Å². The highest BCUT2D eigenvalue weighted by Gasteiger charge is 2.68. The number of hydrogen-bond donors (Lipinski definition) is 0. The van der Waals surface area contributed by atoms with E-state index in [1.54, 1.807) is 32.4 Å². The van der Waals surface area contributed by atoms with Crippen molar-refractivity contribution in [1.29, 1.82) is 0 Å². The zero-order valence-electron chi connectivity index (χ0n) is 24.5. The van der Waals surface area contributed by atoms with E-state index in [0.717, 1.165) is 23.1 Å². The van der Waals surface area contributed by atoms with Crippen molar-refractivity contribution < 1.29 is 37.8 Å². The maximum absolute atomic E-state index is 14.5. The monoisotopic (exact) mass is 552 g/mol. The Hall–Kier alpha value is -3.16. The molecule has 0 aromatic carbocycles. The third kappa shape index (κ3) is 4.00. The van der Waals surface area contributed by atoms with E-state index in [9.17, 15) is 19.2 Å². The smallest absolute Gasteiger partial charge is 0.333 e. The van der Waals surface area contributed by atoms with E-state index in [2.05, 4.69) is 6.92 Å². The number of Topliss-reactive ketones (excluding diaryl/α,β-unsaturated/α-hetero) is 1. The van der Waals surface area contributed by atoms with Crippen LogP contribution < -0.4 is 0 Å². The summed E-state index contributed by atoms with van der Waals surface area (Å²) in [6, 6.07) is 1.83. The molecule has 3 fully saturated rings. The largest absolute Gasteiger partial charge is 0.472 e. The fourth-order valence-corrected chi connectivity index (χ4v) is 8.52. The fraction of sp³-hybridized carbons (Fsp3) is 0.625. The van der Waals surface area contributed by atoms with Gasteiger partial charge in [0.15, 0.2) is 0 Å². The maximum Gasteiger partial charge on any atom is 0.333 e. The number of carbonyl (C=O) groups is 4. The second-order valence-corrected chi connectivity index (χ2v) is 13.0. The summed E-state index contributed by atoms with van der Waals surface area (Å²) in [5, 5.41) is 0. The summed E-state index contributed by atoms with van der Waals surface area (Å²) in [5.74, 6) is -2.32. The fourth-order valence-electron chi connectivity index (χ4n) is 8.52. The van der Waals surface area contributed by atoms with E-state index >= 15 is 0 Å². The Balaban J connectivity index is 1.68. The van der Waals surface area contributed by atoms with Crippen molar-refractivity contribution in [2.75, 3.05) is 7.11 Å². The Morgan fingerprint density at radius 1 is 1.18 bits per heavy atom. The molecule has 1 aromatic rings. The van der Waals surface area contributed by atoms with Crippen LogP contribution in [0.15, 0.2) is 45.8 Å². The molecule has 4 aliphatic rings. The van der Waals surface area contributed by atoms with Crippen LogP contribution in [0.4, 0.5) is 0 Å². The van der Waals surface area contributed by atoms with Gasteiger partial charge in [-0.1, -0.05) is 39.3 Å². The van der Waals surface area contributed by atoms with Gasteiger partial charge in [-0.2, -0.15) is 0 Å². The molecule has 1 saturated heterocycles. The molecule has 5 rings (SSSR count). The Bertz CT molecular complexity index is 1300. The van der Waals surface area contributed by atoms with Gasteiger partial charge in [-0.15, -0.1) is 0 Å². The first-order chi connectivity index (χ1) is 18.8. The summed E-state index contributed by atoms with van der Waals surface area (Å²) in [4.78, 5) is 53.3. The molecule has 2 heterocycles. The van der Waals surface area contributed by atoms with Crippen molar-refractivity contribution in [3.05, 3.63) is 47.0 Å². The molecule has 2 saturated carbocycles. The second-order valence-electron chi connectivity index (χ2n) is 13.0. The highest BCUT2D eigenvalue weighted by atomic mass is 16.6. The third-order valence-corrected chi connectivity index (χ3v) is 10.8. The van der Waals surface area contributed by atoms with Gasteiger partial charge in [0.05, 0.1) is 32.0 Å². The van der Waals surface area contributed by atoms with Gasteiger partial charge in [0.2, 0.25) is 0 Å². The van der Waals surface area contributed by atoms with E-state index in [0.29, 0.717) is 18.4 Å². The van der Waals surface area contributed by atoms with Crippen LogP contribution in [-0.2, 0) is 33.4 Å². The molecule has 3 aliphatic carbocycles. The predicted molar refractivity (Wildman–Crippen MR) is 144 cm³/mol. The number of methoxy groups -OCH3 is 1. The highest BCUT2D eigenvalue weighted by molar-refractivity contribution is 5.93. The molecule has 0 spiro atoms. The number of esters is 3. The minimum absolute atomic E-state index is 0.0272. The standard InChI is InChI=1S/C32H40O8/c1-8-17(2)29(36)40-28-20-13-19-21(32(6,26(20)35)23(30(28,3)4)15-24(33)37-7)9-11-31(5)22(19)14-25(34)39-27(31)18-10-12-38-16-18/h8,10,12,16,20-21,23,27-28H,9,11,13-15H2,1-7H3/b17-8+/t20?,21-,23-,27-,28+,31+,32+/m0/s1. The SMILES string of the molecule is C/C=C(\C)C(=O)O[C@@H]1C2CC3=C4CC(=O)O[C@@H](c5ccoc5)[C@]4(C)CC[C@@H]3[C@@](C)(C2=O)[C@@H](CC(=O)OC)C1(C)C. The molecule has 1 aliphatic heterocycles. The zero-order valence-corrected chi connectivity index (χ0v) is 24.5. The first-order valence-corrected chi connectivity index (χ1v) is 14.2. The number of cyclic esters (lactones) is 1. The second kappa shape index (κ2) is 9.74. The normalized spacial score (nSPS) is 36.8. The van der Waals surface area contributed by atoms with Crippen LogP contribution in [-0.4, -0.2) is 36.9 Å². The van der Waals surface area contributed by atoms with Crippen LogP contribution in [0.3, 0.4) is 0 Å². The van der Waals surface area contributed by atoms with Crippen molar-refractivity contribution >= 4 is 23.7 Å². The Morgan fingerprint density at radius 3 is 2.52 bits per heavy atom. The van der Waals surface area contributed by atoms with Crippen molar-refractivity contribution in [2.45, 2.75) is 85.9 Å². The van der Waals surface area contributed by atoms with Crippen LogP contribution in [0.2, 0.25) is 0 Å². The third-order valence-electron chi connectivity index (χ3n) is 10.8. The molecule has 7 atom stereocenters. The molecule has 1 aromatic heterocycles. The predicted octanol–water partition coefficient (Wildman–Crippen LogP) is 5.67. The molecule has 0 radical (unpaired) electrons. The van der Waals surface area contributed by atoms with Gasteiger partial charge in [-0.3, -0.25) is 14.4 Å². The summed E-state index contributed by atoms with van der Waals surface area (Å²) in [6.07, 6.45) is 5.69. The molecule has 2 bridgehead atoms. The number of ketones is 1. The molecule has 8 heteroatoms. The van der Waals surface area contributed by atoms with Gasteiger partial charge in [0, 0.05) is 33.8 Å². The lowest BCUT2D eigenvalue weighted by molar-refractivity contribution is -0.197. The summed E-state index contributed by atoms with van der Waals surface area (Å²) in [6.45, 7) is 11.6. The van der Waals surface area contributed by atoms with Crippen LogP contribution in [0, 0.1) is 34.0 Å². The molecule has 0 amide bonds. The Morgan fingerprint density at radius 2 is 1.90 bits per heavy atom. The van der Waals surface area contributed by atoms with E-state index in [1.165, 1.54) is 7.11 Å². The first kappa shape index (κ1) is 28.4. The van der Waals surface area contributed by atoms with Crippen molar-refractivity contribution in [1.82, 2.24) is 0 Å². The van der Waals surface area contributed by atoms with Gasteiger partial charge < -0.3 is 18.6 Å².